The number of benzene rings is 1. The molecule has 0 aliphatic carbocycles. The van der Waals surface area contributed by atoms with E-state index in [1.54, 1.807) is 18.0 Å². The third-order valence-electron chi connectivity index (χ3n) is 6.45. The molecule has 0 amide bonds. The van der Waals surface area contributed by atoms with Gasteiger partial charge in [-0.2, -0.15) is 5.10 Å². The van der Waals surface area contributed by atoms with E-state index in [0.29, 0.717) is 41.3 Å². The van der Waals surface area contributed by atoms with Crippen molar-refractivity contribution in [3.05, 3.63) is 52.2 Å². The van der Waals surface area contributed by atoms with Gasteiger partial charge in [-0.05, 0) is 36.6 Å². The number of H-pyrrole nitrogens is 1. The molecular formula is C21H26N6O2. The van der Waals surface area contributed by atoms with Gasteiger partial charge in [-0.25, -0.2) is 4.98 Å². The number of methoxy groups -OCH3 is 1. The molecule has 29 heavy (non-hydrogen) atoms. The normalized spacial score (nSPS) is 25.0. The minimum Gasteiger partial charge on any atom is -0.497 e. The van der Waals surface area contributed by atoms with E-state index < -0.39 is 0 Å². The zero-order valence-corrected chi connectivity index (χ0v) is 17.0. The molecule has 3 aromatic rings. The Morgan fingerprint density at radius 3 is 2.72 bits per heavy atom. The molecule has 0 unspecified atom stereocenters. The Bertz CT molecular complexity index is 1090. The van der Waals surface area contributed by atoms with Crippen molar-refractivity contribution in [2.24, 2.45) is 18.9 Å². The Morgan fingerprint density at radius 1 is 1.17 bits per heavy atom. The van der Waals surface area contributed by atoms with Crippen LogP contribution in [0.4, 0.5) is 0 Å². The number of hydrogen-bond acceptors (Lipinski definition) is 6. The highest BCUT2D eigenvalue weighted by Crippen LogP contribution is 2.44. The van der Waals surface area contributed by atoms with E-state index in [2.05, 4.69) is 44.0 Å². The number of fused-ring (bicyclic) bond motifs is 2. The molecule has 8 nitrogen and oxygen atoms in total. The lowest BCUT2D eigenvalue weighted by atomic mass is 9.89. The van der Waals surface area contributed by atoms with Gasteiger partial charge in [-0.3, -0.25) is 19.3 Å². The molecular weight excluding hydrogens is 368 g/mol. The monoisotopic (exact) mass is 394 g/mol. The van der Waals surface area contributed by atoms with Gasteiger partial charge in [0.1, 0.15) is 17.0 Å². The zero-order valence-electron chi connectivity index (χ0n) is 17.0. The maximum atomic E-state index is 12.3. The van der Waals surface area contributed by atoms with Crippen LogP contribution in [-0.4, -0.2) is 63.3 Å². The van der Waals surface area contributed by atoms with Crippen molar-refractivity contribution in [3.63, 3.8) is 0 Å². The number of nitrogens with zero attached hydrogens (tertiary/aromatic N) is 5. The van der Waals surface area contributed by atoms with Crippen molar-refractivity contribution in [1.29, 1.82) is 0 Å². The van der Waals surface area contributed by atoms with Crippen molar-refractivity contribution >= 4 is 11.0 Å². The van der Waals surface area contributed by atoms with Gasteiger partial charge in [0, 0.05) is 32.7 Å². The first-order chi connectivity index (χ1) is 14.0. The summed E-state index contributed by atoms with van der Waals surface area (Å²) < 4.78 is 6.96. The summed E-state index contributed by atoms with van der Waals surface area (Å²) in [5.41, 5.74) is 1.86. The van der Waals surface area contributed by atoms with Crippen molar-refractivity contribution in [1.82, 2.24) is 29.5 Å². The molecule has 8 heteroatoms. The molecule has 2 saturated heterocycles. The standard InChI is InChI=1S/C21H26N6O2/c1-25-9-14-10-27(11-17(14)19(25)13-4-6-15(29-3)7-5-13)12-18-23-20-16(21(28)24-18)8-22-26(20)2/h4-8,14,17,19H,9-12H2,1-3H3,(H,23,24,28)/t14-,17+,19-/m0/s1. The fourth-order valence-electron chi connectivity index (χ4n) is 5.15. The summed E-state index contributed by atoms with van der Waals surface area (Å²) in [4.78, 5) is 24.8. The minimum absolute atomic E-state index is 0.117. The van der Waals surface area contributed by atoms with E-state index in [1.807, 2.05) is 19.2 Å². The molecule has 2 fully saturated rings. The predicted octanol–water partition coefficient (Wildman–Crippen LogP) is 1.40. The molecule has 2 aliphatic heterocycles. The van der Waals surface area contributed by atoms with E-state index in [9.17, 15) is 4.79 Å². The van der Waals surface area contributed by atoms with Crippen LogP contribution >= 0.6 is 0 Å². The second kappa shape index (κ2) is 6.96. The fraction of sp³-hybridized carbons (Fsp3) is 0.476. The quantitative estimate of drug-likeness (QED) is 0.721. The Hall–Kier alpha value is -2.71. The molecule has 152 valence electrons. The van der Waals surface area contributed by atoms with Crippen LogP contribution < -0.4 is 10.3 Å². The summed E-state index contributed by atoms with van der Waals surface area (Å²) >= 11 is 0. The molecule has 5 rings (SSSR count). The van der Waals surface area contributed by atoms with E-state index in [4.69, 9.17) is 4.74 Å². The molecule has 0 spiro atoms. The van der Waals surface area contributed by atoms with Gasteiger partial charge >= 0.3 is 0 Å². The summed E-state index contributed by atoms with van der Waals surface area (Å²) in [5.74, 6) is 2.79. The first-order valence-corrected chi connectivity index (χ1v) is 10.0. The Kier molecular flexibility index (Phi) is 4.40. The smallest absolute Gasteiger partial charge is 0.262 e. The number of ether oxygens (including phenoxy) is 1. The summed E-state index contributed by atoms with van der Waals surface area (Å²) in [6.45, 7) is 3.76. The number of hydrogen-bond donors (Lipinski definition) is 1. The van der Waals surface area contributed by atoms with Crippen LogP contribution in [0.25, 0.3) is 11.0 Å². The Labute approximate surface area is 169 Å². The average molecular weight is 394 g/mol. The van der Waals surface area contributed by atoms with E-state index in [1.165, 1.54) is 5.56 Å². The molecule has 0 bridgehead atoms. The molecule has 2 aliphatic rings. The predicted molar refractivity (Wildman–Crippen MR) is 110 cm³/mol. The van der Waals surface area contributed by atoms with Crippen molar-refractivity contribution < 1.29 is 4.74 Å². The lowest BCUT2D eigenvalue weighted by Crippen LogP contribution is -2.30. The molecule has 4 heterocycles. The lowest BCUT2D eigenvalue weighted by molar-refractivity contribution is 0.222. The Morgan fingerprint density at radius 2 is 1.97 bits per heavy atom. The van der Waals surface area contributed by atoms with Crippen LogP contribution in [0.3, 0.4) is 0 Å². The number of aryl methyl sites for hydroxylation is 1. The number of nitrogens with one attached hydrogen (secondary N) is 1. The lowest BCUT2D eigenvalue weighted by Gasteiger charge is -2.26. The SMILES string of the molecule is COc1ccc([C@H]2[C@@H]3CN(Cc4nc5c(cnn5C)c(=O)[nH]4)C[C@@H]3CN2C)cc1. The molecule has 0 radical (unpaired) electrons. The van der Waals surface area contributed by atoms with Crippen LogP contribution in [0.5, 0.6) is 5.75 Å². The Balaban J connectivity index is 1.35. The van der Waals surface area contributed by atoms with Gasteiger partial charge in [-0.15, -0.1) is 0 Å². The number of aromatic amines is 1. The highest BCUT2D eigenvalue weighted by Gasteiger charge is 2.46. The summed E-state index contributed by atoms with van der Waals surface area (Å²) in [5, 5.41) is 4.68. The van der Waals surface area contributed by atoms with Crippen molar-refractivity contribution in [3.8, 4) is 5.75 Å². The van der Waals surface area contributed by atoms with Gasteiger partial charge in [0.2, 0.25) is 0 Å². The summed E-state index contributed by atoms with van der Waals surface area (Å²) in [7, 11) is 5.73. The maximum absolute atomic E-state index is 12.3. The maximum Gasteiger partial charge on any atom is 0.262 e. The summed E-state index contributed by atoms with van der Waals surface area (Å²) in [6, 6.07) is 8.85. The highest BCUT2D eigenvalue weighted by molar-refractivity contribution is 5.72. The van der Waals surface area contributed by atoms with Crippen LogP contribution in [0.15, 0.2) is 35.3 Å². The number of likely N-dealkylation sites (tertiary alicyclic amines) is 2. The molecule has 2 aromatic heterocycles. The zero-order chi connectivity index (χ0) is 20.1. The van der Waals surface area contributed by atoms with Gasteiger partial charge in [-0.1, -0.05) is 12.1 Å². The minimum atomic E-state index is -0.117. The first-order valence-electron chi connectivity index (χ1n) is 10.0. The molecule has 0 saturated carbocycles. The van der Waals surface area contributed by atoms with Crippen LogP contribution in [-0.2, 0) is 13.6 Å². The fourth-order valence-corrected chi connectivity index (χ4v) is 5.15. The van der Waals surface area contributed by atoms with Crippen LogP contribution in [0.2, 0.25) is 0 Å². The molecule has 3 atom stereocenters. The van der Waals surface area contributed by atoms with Crippen LogP contribution in [0.1, 0.15) is 17.4 Å². The van der Waals surface area contributed by atoms with Crippen molar-refractivity contribution in [2.45, 2.75) is 12.6 Å². The van der Waals surface area contributed by atoms with Gasteiger partial charge in [0.25, 0.3) is 5.56 Å². The van der Waals surface area contributed by atoms with E-state index in [-0.39, 0.29) is 5.56 Å². The largest absolute Gasteiger partial charge is 0.497 e. The number of aromatic nitrogens is 4. The number of rotatable bonds is 4. The topological polar surface area (TPSA) is 79.3 Å². The first kappa shape index (κ1) is 18.3. The van der Waals surface area contributed by atoms with Gasteiger partial charge in [0.15, 0.2) is 5.65 Å². The summed E-state index contributed by atoms with van der Waals surface area (Å²) in [6.07, 6.45) is 1.57. The third kappa shape index (κ3) is 3.12. The van der Waals surface area contributed by atoms with Gasteiger partial charge in [0.05, 0.1) is 19.9 Å². The van der Waals surface area contributed by atoms with Crippen LogP contribution in [0, 0.1) is 11.8 Å². The van der Waals surface area contributed by atoms with Crippen molar-refractivity contribution in [2.75, 3.05) is 33.8 Å². The molecule has 1 N–H and O–H groups in total. The van der Waals surface area contributed by atoms with E-state index >= 15 is 0 Å². The molecule has 1 aromatic carbocycles. The third-order valence-corrected chi connectivity index (χ3v) is 6.45. The second-order valence-electron chi connectivity index (χ2n) is 8.29. The second-order valence-corrected chi connectivity index (χ2v) is 8.29. The van der Waals surface area contributed by atoms with E-state index in [0.717, 1.165) is 25.4 Å². The average Bonchev–Trinajstić information content (AvgIpc) is 3.35. The van der Waals surface area contributed by atoms with Gasteiger partial charge < -0.3 is 9.72 Å². The highest BCUT2D eigenvalue weighted by atomic mass is 16.5.